The number of hydrogen-bond donors (Lipinski definition) is 1. The molecule has 3 aromatic heterocycles. The number of ether oxygens (including phenoxy) is 1. The summed E-state index contributed by atoms with van der Waals surface area (Å²) in [6, 6.07) is 7.70. The number of carbonyl (C=O) groups is 1. The maximum atomic E-state index is 13.2. The number of nitrogens with zero attached hydrogens (tertiary/aromatic N) is 5. The number of amides is 1. The van der Waals surface area contributed by atoms with Gasteiger partial charge in [-0.1, -0.05) is 24.3 Å². The molecule has 0 aliphatic rings. The predicted octanol–water partition coefficient (Wildman–Crippen LogP) is 5.24. The highest BCUT2D eigenvalue weighted by Gasteiger charge is 2.35. The van der Waals surface area contributed by atoms with E-state index in [-0.39, 0.29) is 18.5 Å². The van der Waals surface area contributed by atoms with Gasteiger partial charge < -0.3 is 10.1 Å². The highest BCUT2D eigenvalue weighted by Crippen LogP contribution is 2.36. The number of alkyl halides is 5. The summed E-state index contributed by atoms with van der Waals surface area (Å²) in [5, 5.41) is 6.09. The fourth-order valence-corrected chi connectivity index (χ4v) is 3.69. The lowest BCUT2D eigenvalue weighted by Gasteiger charge is -2.13. The second-order valence-corrected chi connectivity index (χ2v) is 8.24. The van der Waals surface area contributed by atoms with Crippen LogP contribution in [0.5, 0.6) is 5.88 Å². The summed E-state index contributed by atoms with van der Waals surface area (Å²) < 4.78 is 70.6. The Morgan fingerprint density at radius 2 is 1.71 bits per heavy atom. The van der Waals surface area contributed by atoms with Crippen LogP contribution in [-0.2, 0) is 23.8 Å². The van der Waals surface area contributed by atoms with Crippen molar-refractivity contribution in [3.05, 3.63) is 83.3 Å². The predicted molar refractivity (Wildman–Crippen MR) is 127 cm³/mol. The molecule has 0 atom stereocenters. The van der Waals surface area contributed by atoms with Crippen LogP contribution in [-0.4, -0.2) is 37.7 Å². The molecule has 0 bridgehead atoms. The minimum atomic E-state index is -4.69. The van der Waals surface area contributed by atoms with Crippen LogP contribution >= 0.6 is 0 Å². The monoisotopic (exact) mass is 532 g/mol. The standard InChI is InChI=1S/C25H21F5N6O2/c1-14-17(12-34-36(14)24(26)27)8-21-31-10-18(11-32-21)16-5-3-15(4-6-16)7-22(37)35-19-9-20(25(28,29)30)23(38-2)33-13-19/h3-6,9-13,24H,7-8H2,1-2H3,(H,35,37). The molecule has 198 valence electrons. The van der Waals surface area contributed by atoms with Gasteiger partial charge >= 0.3 is 12.7 Å². The van der Waals surface area contributed by atoms with E-state index in [9.17, 15) is 26.7 Å². The number of aromatic nitrogens is 5. The van der Waals surface area contributed by atoms with Crippen molar-refractivity contribution in [1.29, 1.82) is 0 Å². The third-order valence-corrected chi connectivity index (χ3v) is 5.67. The molecule has 1 aromatic carbocycles. The van der Waals surface area contributed by atoms with Crippen LogP contribution in [0.4, 0.5) is 27.6 Å². The zero-order valence-electron chi connectivity index (χ0n) is 20.1. The molecule has 0 unspecified atom stereocenters. The Balaban J connectivity index is 1.38. The molecule has 0 spiro atoms. The van der Waals surface area contributed by atoms with Gasteiger partial charge in [0.15, 0.2) is 0 Å². The Bertz CT molecular complexity index is 1420. The van der Waals surface area contributed by atoms with Gasteiger partial charge in [0.1, 0.15) is 11.4 Å². The molecule has 0 fully saturated rings. The Kier molecular flexibility index (Phi) is 7.65. The molecule has 13 heteroatoms. The van der Waals surface area contributed by atoms with Gasteiger partial charge in [0, 0.05) is 35.6 Å². The summed E-state index contributed by atoms with van der Waals surface area (Å²) in [5.41, 5.74) is 1.86. The number of pyridine rings is 1. The smallest absolute Gasteiger partial charge is 0.421 e. The topological polar surface area (TPSA) is 94.8 Å². The van der Waals surface area contributed by atoms with Gasteiger partial charge in [0.25, 0.3) is 0 Å². The number of nitrogens with one attached hydrogen (secondary N) is 1. The van der Waals surface area contributed by atoms with Crippen molar-refractivity contribution < 1.29 is 31.5 Å². The SMILES string of the molecule is COc1ncc(NC(=O)Cc2ccc(-c3cnc(Cc4cnn(C(F)F)c4C)nc3)cc2)cc1C(F)(F)F. The first-order valence-electron chi connectivity index (χ1n) is 11.2. The van der Waals surface area contributed by atoms with Crippen LogP contribution in [0.15, 0.2) is 55.1 Å². The van der Waals surface area contributed by atoms with Crippen LogP contribution < -0.4 is 10.1 Å². The molecule has 0 saturated carbocycles. The maximum absolute atomic E-state index is 13.2. The van der Waals surface area contributed by atoms with Crippen molar-refractivity contribution in [2.75, 3.05) is 12.4 Å². The van der Waals surface area contributed by atoms with E-state index < -0.39 is 30.1 Å². The van der Waals surface area contributed by atoms with E-state index in [2.05, 4.69) is 30.1 Å². The number of carbonyl (C=O) groups excluding carboxylic acids is 1. The number of benzene rings is 1. The highest BCUT2D eigenvalue weighted by atomic mass is 19.4. The first kappa shape index (κ1) is 26.6. The largest absolute Gasteiger partial charge is 0.481 e. The van der Waals surface area contributed by atoms with Crippen LogP contribution in [0.2, 0.25) is 0 Å². The van der Waals surface area contributed by atoms with Crippen molar-refractivity contribution in [1.82, 2.24) is 24.7 Å². The number of anilines is 1. The Morgan fingerprint density at radius 3 is 2.29 bits per heavy atom. The van der Waals surface area contributed by atoms with Gasteiger partial charge in [-0.25, -0.2) is 19.6 Å². The minimum Gasteiger partial charge on any atom is -0.481 e. The van der Waals surface area contributed by atoms with Crippen LogP contribution in [0.1, 0.15) is 34.8 Å². The summed E-state index contributed by atoms with van der Waals surface area (Å²) >= 11 is 0. The van der Waals surface area contributed by atoms with Crippen molar-refractivity contribution in [2.24, 2.45) is 0 Å². The van der Waals surface area contributed by atoms with E-state index in [0.717, 1.165) is 24.9 Å². The Hall–Kier alpha value is -4.42. The van der Waals surface area contributed by atoms with Crippen molar-refractivity contribution in [2.45, 2.75) is 32.5 Å². The van der Waals surface area contributed by atoms with E-state index in [1.165, 1.54) is 6.20 Å². The zero-order chi connectivity index (χ0) is 27.4. The lowest BCUT2D eigenvalue weighted by molar-refractivity contribution is -0.139. The number of hydrogen-bond acceptors (Lipinski definition) is 6. The van der Waals surface area contributed by atoms with E-state index in [1.807, 2.05) is 0 Å². The first-order chi connectivity index (χ1) is 18.0. The molecule has 0 saturated heterocycles. The van der Waals surface area contributed by atoms with E-state index in [1.54, 1.807) is 43.6 Å². The van der Waals surface area contributed by atoms with Gasteiger partial charge in [0.05, 0.1) is 31.6 Å². The molecule has 3 heterocycles. The number of methoxy groups -OCH3 is 1. The lowest BCUT2D eigenvalue weighted by Crippen LogP contribution is -2.16. The fraction of sp³-hybridized carbons (Fsp3) is 0.240. The summed E-state index contributed by atoms with van der Waals surface area (Å²) in [5.74, 6) is -0.655. The molecular formula is C25H21F5N6O2. The normalized spacial score (nSPS) is 11.6. The second-order valence-electron chi connectivity index (χ2n) is 8.24. The molecule has 38 heavy (non-hydrogen) atoms. The quantitative estimate of drug-likeness (QED) is 0.312. The maximum Gasteiger partial charge on any atom is 0.421 e. The molecule has 0 aliphatic carbocycles. The summed E-state index contributed by atoms with van der Waals surface area (Å²) in [6.45, 7) is -1.17. The second kappa shape index (κ2) is 10.9. The molecule has 4 aromatic rings. The minimum absolute atomic E-state index is 0.0747. The molecule has 1 N–H and O–H groups in total. The lowest BCUT2D eigenvalue weighted by atomic mass is 10.0. The first-order valence-corrected chi connectivity index (χ1v) is 11.2. The Morgan fingerprint density at radius 1 is 1.03 bits per heavy atom. The van der Waals surface area contributed by atoms with Crippen molar-refractivity contribution in [3.8, 4) is 17.0 Å². The average molecular weight is 532 g/mol. The average Bonchev–Trinajstić information content (AvgIpc) is 3.24. The highest BCUT2D eigenvalue weighted by molar-refractivity contribution is 5.92. The fourth-order valence-electron chi connectivity index (χ4n) is 3.69. The molecular weight excluding hydrogens is 511 g/mol. The molecule has 1 amide bonds. The van der Waals surface area contributed by atoms with Gasteiger partial charge in [-0.15, -0.1) is 0 Å². The number of rotatable bonds is 8. The van der Waals surface area contributed by atoms with Crippen LogP contribution in [0.3, 0.4) is 0 Å². The van der Waals surface area contributed by atoms with Gasteiger partial charge in [0.2, 0.25) is 11.8 Å². The third-order valence-electron chi connectivity index (χ3n) is 5.67. The zero-order valence-corrected chi connectivity index (χ0v) is 20.1. The molecule has 4 rings (SSSR count). The van der Waals surface area contributed by atoms with Gasteiger partial charge in [-0.05, 0) is 24.1 Å². The van der Waals surface area contributed by atoms with E-state index >= 15 is 0 Å². The Labute approximate surface area is 213 Å². The summed E-state index contributed by atoms with van der Waals surface area (Å²) in [4.78, 5) is 24.6. The van der Waals surface area contributed by atoms with Crippen molar-refractivity contribution >= 4 is 11.6 Å². The van der Waals surface area contributed by atoms with E-state index in [4.69, 9.17) is 0 Å². The van der Waals surface area contributed by atoms with Gasteiger partial charge in [-0.2, -0.15) is 27.1 Å². The van der Waals surface area contributed by atoms with E-state index in [0.29, 0.717) is 32.9 Å². The molecule has 8 nitrogen and oxygen atoms in total. The summed E-state index contributed by atoms with van der Waals surface area (Å²) in [7, 11) is 1.08. The van der Waals surface area contributed by atoms with Crippen LogP contribution in [0.25, 0.3) is 11.1 Å². The van der Waals surface area contributed by atoms with Gasteiger partial charge in [-0.3, -0.25) is 4.79 Å². The number of halogens is 5. The summed E-state index contributed by atoms with van der Waals surface area (Å²) in [6.07, 6.45) is 1.15. The van der Waals surface area contributed by atoms with Crippen LogP contribution in [0, 0.1) is 6.92 Å². The van der Waals surface area contributed by atoms with Crippen molar-refractivity contribution in [3.63, 3.8) is 0 Å². The third kappa shape index (κ3) is 6.10. The molecule has 0 aliphatic heterocycles. The molecule has 0 radical (unpaired) electrons.